The molecule has 0 aliphatic carbocycles. The lowest BCUT2D eigenvalue weighted by Crippen LogP contribution is -2.31. The van der Waals surface area contributed by atoms with Crippen molar-refractivity contribution in [2.75, 3.05) is 25.7 Å². The van der Waals surface area contributed by atoms with Gasteiger partial charge >= 0.3 is 0 Å². The van der Waals surface area contributed by atoms with Crippen molar-refractivity contribution in [3.63, 3.8) is 0 Å². The van der Waals surface area contributed by atoms with Crippen molar-refractivity contribution in [2.45, 2.75) is 19.6 Å². The van der Waals surface area contributed by atoms with Gasteiger partial charge in [-0.05, 0) is 35.9 Å². The van der Waals surface area contributed by atoms with Gasteiger partial charge < -0.3 is 19.1 Å². The summed E-state index contributed by atoms with van der Waals surface area (Å²) in [5.74, 6) is 3.15. The van der Waals surface area contributed by atoms with E-state index >= 15 is 0 Å². The van der Waals surface area contributed by atoms with Gasteiger partial charge in [-0.2, -0.15) is 0 Å². The van der Waals surface area contributed by atoms with Gasteiger partial charge in [0.05, 0.1) is 38.5 Å². The number of pyridine rings is 3. The van der Waals surface area contributed by atoms with Crippen LogP contribution in [0.15, 0.2) is 48.9 Å². The predicted octanol–water partition coefficient (Wildman–Crippen LogP) is 3.03. The van der Waals surface area contributed by atoms with Gasteiger partial charge in [0.2, 0.25) is 0 Å². The lowest BCUT2D eigenvalue weighted by Gasteiger charge is -2.29. The summed E-state index contributed by atoms with van der Waals surface area (Å²) in [5, 5.41) is 0. The van der Waals surface area contributed by atoms with E-state index in [0.29, 0.717) is 6.61 Å². The van der Waals surface area contributed by atoms with Crippen molar-refractivity contribution in [1.82, 2.24) is 15.0 Å². The second-order valence-electron chi connectivity index (χ2n) is 6.48. The number of rotatable bonds is 6. The standard InChI is InChI=1S/C21H22N4O3/c1-26-17-4-3-16(22-10-17)14-28-19-9-15-13-25(8-7-20(15)23-12-19)21-6-5-18(27-2)11-24-21/h3-6,9-12H,7-8,13-14H2,1-2H3. The minimum atomic E-state index is 0.383. The molecule has 4 rings (SSSR count). The molecule has 1 aliphatic heterocycles. The molecule has 0 aromatic carbocycles. The van der Waals surface area contributed by atoms with E-state index in [-0.39, 0.29) is 0 Å². The molecule has 1 aliphatic rings. The lowest BCUT2D eigenvalue weighted by atomic mass is 10.1. The second kappa shape index (κ2) is 8.12. The number of hydrogen-bond acceptors (Lipinski definition) is 7. The second-order valence-corrected chi connectivity index (χ2v) is 6.48. The van der Waals surface area contributed by atoms with E-state index in [0.717, 1.165) is 59.5 Å². The van der Waals surface area contributed by atoms with E-state index in [1.807, 2.05) is 24.3 Å². The Morgan fingerprint density at radius 2 is 1.64 bits per heavy atom. The Morgan fingerprint density at radius 3 is 2.32 bits per heavy atom. The fraction of sp³-hybridized carbons (Fsp3) is 0.286. The summed E-state index contributed by atoms with van der Waals surface area (Å²) in [4.78, 5) is 15.6. The molecular weight excluding hydrogens is 356 g/mol. The van der Waals surface area contributed by atoms with Crippen molar-refractivity contribution >= 4 is 5.82 Å². The number of ether oxygens (including phenoxy) is 3. The van der Waals surface area contributed by atoms with E-state index in [1.165, 1.54) is 0 Å². The molecule has 0 spiro atoms. The fourth-order valence-electron chi connectivity index (χ4n) is 3.13. The average molecular weight is 378 g/mol. The quantitative estimate of drug-likeness (QED) is 0.653. The normalized spacial score (nSPS) is 13.0. The maximum Gasteiger partial charge on any atom is 0.138 e. The predicted molar refractivity (Wildman–Crippen MR) is 105 cm³/mol. The van der Waals surface area contributed by atoms with Crippen LogP contribution >= 0.6 is 0 Å². The largest absolute Gasteiger partial charge is 0.495 e. The molecule has 144 valence electrons. The third-order valence-corrected chi connectivity index (χ3v) is 4.71. The van der Waals surface area contributed by atoms with Crippen molar-refractivity contribution in [2.24, 2.45) is 0 Å². The molecule has 28 heavy (non-hydrogen) atoms. The smallest absolute Gasteiger partial charge is 0.138 e. The molecule has 0 amide bonds. The van der Waals surface area contributed by atoms with Crippen LogP contribution in [0.3, 0.4) is 0 Å². The number of methoxy groups -OCH3 is 2. The highest BCUT2D eigenvalue weighted by Crippen LogP contribution is 2.26. The molecule has 0 N–H and O–H groups in total. The molecular formula is C21H22N4O3. The molecule has 0 fully saturated rings. The number of fused-ring (bicyclic) bond motifs is 1. The van der Waals surface area contributed by atoms with E-state index in [2.05, 4.69) is 25.9 Å². The maximum absolute atomic E-state index is 5.89. The van der Waals surface area contributed by atoms with E-state index in [1.54, 1.807) is 32.8 Å². The zero-order chi connectivity index (χ0) is 19.3. The minimum absolute atomic E-state index is 0.383. The van der Waals surface area contributed by atoms with Gasteiger partial charge in [0.15, 0.2) is 0 Å². The SMILES string of the molecule is COc1ccc(COc2cnc3c(c2)CN(c2ccc(OC)cn2)CC3)nc1. The molecule has 7 nitrogen and oxygen atoms in total. The third kappa shape index (κ3) is 3.98. The Balaban J connectivity index is 1.43. The maximum atomic E-state index is 5.89. The number of hydrogen-bond donors (Lipinski definition) is 0. The minimum Gasteiger partial charge on any atom is -0.495 e. The molecule has 0 atom stereocenters. The Hall–Kier alpha value is -3.35. The van der Waals surface area contributed by atoms with Crippen LogP contribution in [-0.2, 0) is 19.6 Å². The van der Waals surface area contributed by atoms with Gasteiger partial charge in [0.1, 0.15) is 29.7 Å². The highest BCUT2D eigenvalue weighted by Gasteiger charge is 2.19. The van der Waals surface area contributed by atoms with Crippen molar-refractivity contribution in [3.05, 3.63) is 65.9 Å². The Bertz CT molecular complexity index is 929. The van der Waals surface area contributed by atoms with E-state index < -0.39 is 0 Å². The summed E-state index contributed by atoms with van der Waals surface area (Å²) >= 11 is 0. The van der Waals surface area contributed by atoms with Crippen molar-refractivity contribution in [3.8, 4) is 17.2 Å². The molecule has 0 saturated carbocycles. The Morgan fingerprint density at radius 1 is 0.893 bits per heavy atom. The van der Waals surface area contributed by atoms with Gasteiger partial charge in [0, 0.05) is 25.2 Å². The first-order valence-corrected chi connectivity index (χ1v) is 9.09. The number of aromatic nitrogens is 3. The van der Waals surface area contributed by atoms with Crippen LogP contribution in [0.5, 0.6) is 17.2 Å². The Kier molecular flexibility index (Phi) is 5.23. The van der Waals surface area contributed by atoms with Crippen LogP contribution in [-0.4, -0.2) is 35.7 Å². The summed E-state index contributed by atoms with van der Waals surface area (Å²) in [6, 6.07) is 9.73. The van der Waals surface area contributed by atoms with Gasteiger partial charge in [0.25, 0.3) is 0 Å². The van der Waals surface area contributed by atoms with Crippen LogP contribution in [0.2, 0.25) is 0 Å². The van der Waals surface area contributed by atoms with Gasteiger partial charge in [-0.15, -0.1) is 0 Å². The summed E-state index contributed by atoms with van der Waals surface area (Å²) in [5.41, 5.74) is 3.10. The van der Waals surface area contributed by atoms with Crippen LogP contribution in [0, 0.1) is 0 Å². The molecule has 0 unspecified atom stereocenters. The van der Waals surface area contributed by atoms with E-state index in [9.17, 15) is 0 Å². The molecule has 3 aromatic heterocycles. The molecule has 3 aromatic rings. The summed E-state index contributed by atoms with van der Waals surface area (Å²) in [6.07, 6.45) is 6.08. The molecule has 7 heteroatoms. The summed E-state index contributed by atoms with van der Waals surface area (Å²) < 4.78 is 16.2. The lowest BCUT2D eigenvalue weighted by molar-refractivity contribution is 0.299. The van der Waals surface area contributed by atoms with Crippen molar-refractivity contribution in [1.29, 1.82) is 0 Å². The highest BCUT2D eigenvalue weighted by atomic mass is 16.5. The molecule has 4 heterocycles. The van der Waals surface area contributed by atoms with Gasteiger partial charge in [-0.3, -0.25) is 9.97 Å². The zero-order valence-electron chi connectivity index (χ0n) is 16.0. The van der Waals surface area contributed by atoms with Gasteiger partial charge in [-0.25, -0.2) is 4.98 Å². The average Bonchev–Trinajstić information content (AvgIpc) is 2.77. The van der Waals surface area contributed by atoms with Crippen LogP contribution in [0.1, 0.15) is 17.0 Å². The topological polar surface area (TPSA) is 69.6 Å². The van der Waals surface area contributed by atoms with Crippen molar-refractivity contribution < 1.29 is 14.2 Å². The highest BCUT2D eigenvalue weighted by molar-refractivity contribution is 5.45. The first kappa shape index (κ1) is 18.0. The van der Waals surface area contributed by atoms with E-state index in [4.69, 9.17) is 14.2 Å². The number of nitrogens with zero attached hydrogens (tertiary/aromatic N) is 4. The first-order chi connectivity index (χ1) is 13.7. The van der Waals surface area contributed by atoms with Gasteiger partial charge in [-0.1, -0.05) is 0 Å². The summed E-state index contributed by atoms with van der Waals surface area (Å²) in [6.45, 7) is 2.02. The first-order valence-electron chi connectivity index (χ1n) is 9.09. The fourth-order valence-corrected chi connectivity index (χ4v) is 3.13. The van der Waals surface area contributed by atoms with Crippen LogP contribution in [0.4, 0.5) is 5.82 Å². The molecule has 0 radical (unpaired) electrons. The molecule has 0 bridgehead atoms. The summed E-state index contributed by atoms with van der Waals surface area (Å²) in [7, 11) is 3.26. The third-order valence-electron chi connectivity index (χ3n) is 4.71. The monoisotopic (exact) mass is 378 g/mol. The van der Waals surface area contributed by atoms with Crippen LogP contribution < -0.4 is 19.1 Å². The number of anilines is 1. The Labute approximate surface area is 163 Å². The zero-order valence-corrected chi connectivity index (χ0v) is 16.0. The van der Waals surface area contributed by atoms with Crippen LogP contribution in [0.25, 0.3) is 0 Å². The molecule has 0 saturated heterocycles.